The highest BCUT2D eigenvalue weighted by Gasteiger charge is 2.22. The number of benzene rings is 2. The van der Waals surface area contributed by atoms with E-state index >= 15 is 0 Å². The van der Waals surface area contributed by atoms with E-state index < -0.39 is 0 Å². The monoisotopic (exact) mass is 474 g/mol. The average Bonchev–Trinajstić information content (AvgIpc) is 3.00. The van der Waals surface area contributed by atoms with Crippen molar-refractivity contribution in [3.63, 3.8) is 0 Å². The van der Waals surface area contributed by atoms with Gasteiger partial charge in [0.05, 0.1) is 4.91 Å². The number of carbonyl (C=O) groups excluding carboxylic acids is 1. The third kappa shape index (κ3) is 4.66. The lowest BCUT2D eigenvalue weighted by atomic mass is 10.0. The summed E-state index contributed by atoms with van der Waals surface area (Å²) < 4.78 is 7.50. The summed E-state index contributed by atoms with van der Waals surface area (Å²) in [7, 11) is 0. The van der Waals surface area contributed by atoms with E-state index in [1.54, 1.807) is 0 Å². The molecule has 7 heteroatoms. The molecule has 0 aliphatic carbocycles. The Bertz CT molecular complexity index is 961. The van der Waals surface area contributed by atoms with Gasteiger partial charge in [-0.3, -0.25) is 9.69 Å². The molecule has 0 atom stereocenters. The molecule has 0 spiro atoms. The van der Waals surface area contributed by atoms with Gasteiger partial charge < -0.3 is 10.1 Å². The van der Waals surface area contributed by atoms with Gasteiger partial charge in [0.25, 0.3) is 5.91 Å². The molecule has 0 saturated carbocycles. The second-order valence-electron chi connectivity index (χ2n) is 6.68. The Balaban J connectivity index is 1.41. The third-order valence-electron chi connectivity index (χ3n) is 4.78. The van der Waals surface area contributed by atoms with Crippen LogP contribution >= 0.6 is 39.9 Å². The minimum Gasteiger partial charge on any atom is -0.492 e. The van der Waals surface area contributed by atoms with Crippen LogP contribution in [0.25, 0.3) is 6.08 Å². The van der Waals surface area contributed by atoms with E-state index in [9.17, 15) is 4.79 Å². The summed E-state index contributed by atoms with van der Waals surface area (Å²) in [4.78, 5) is 15.0. The molecule has 0 bridgehead atoms. The summed E-state index contributed by atoms with van der Waals surface area (Å²) in [6.07, 6.45) is 2.91. The van der Waals surface area contributed by atoms with Gasteiger partial charge in [0, 0.05) is 29.7 Å². The van der Waals surface area contributed by atoms with Gasteiger partial charge in [0.15, 0.2) is 0 Å². The van der Waals surface area contributed by atoms with Crippen LogP contribution in [-0.2, 0) is 17.8 Å². The second kappa shape index (κ2) is 8.78. The molecular weight excluding hydrogens is 456 g/mol. The zero-order valence-electron chi connectivity index (χ0n) is 15.1. The number of rotatable bonds is 5. The fourth-order valence-electron chi connectivity index (χ4n) is 3.36. The first kappa shape index (κ1) is 19.6. The Kier molecular flexibility index (Phi) is 6.16. The minimum atomic E-state index is -0.159. The zero-order valence-corrected chi connectivity index (χ0v) is 18.3. The van der Waals surface area contributed by atoms with Crippen molar-refractivity contribution in [3.05, 3.63) is 68.5 Å². The first-order valence-corrected chi connectivity index (χ1v) is 11.1. The van der Waals surface area contributed by atoms with Crippen molar-refractivity contribution in [2.24, 2.45) is 0 Å². The third-order valence-corrected chi connectivity index (χ3v) is 6.43. The van der Waals surface area contributed by atoms with Gasteiger partial charge in [0.1, 0.15) is 16.7 Å². The van der Waals surface area contributed by atoms with E-state index in [1.807, 2.05) is 24.3 Å². The molecule has 1 fully saturated rings. The van der Waals surface area contributed by atoms with Gasteiger partial charge in [-0.05, 0) is 41.8 Å². The van der Waals surface area contributed by atoms with Crippen LogP contribution in [0.1, 0.15) is 16.7 Å². The highest BCUT2D eigenvalue weighted by atomic mass is 79.9. The Hall–Kier alpha value is -1.67. The van der Waals surface area contributed by atoms with Crippen molar-refractivity contribution in [1.29, 1.82) is 0 Å². The number of halogens is 1. The summed E-state index contributed by atoms with van der Waals surface area (Å²) in [5, 5.41) is 2.64. The molecule has 0 radical (unpaired) electrons. The van der Waals surface area contributed by atoms with E-state index in [2.05, 4.69) is 50.4 Å². The van der Waals surface area contributed by atoms with Crippen LogP contribution in [0.3, 0.4) is 0 Å². The molecule has 4 nitrogen and oxygen atoms in total. The van der Waals surface area contributed by atoms with Crippen LogP contribution in [-0.4, -0.2) is 34.8 Å². The highest BCUT2D eigenvalue weighted by molar-refractivity contribution is 9.10. The van der Waals surface area contributed by atoms with Crippen molar-refractivity contribution in [2.75, 3.05) is 19.7 Å². The molecule has 2 aromatic rings. The fourth-order valence-corrected chi connectivity index (χ4v) is 4.77. The second-order valence-corrected chi connectivity index (χ2v) is 9.31. The predicted molar refractivity (Wildman–Crippen MR) is 121 cm³/mol. The number of amides is 1. The number of fused-ring (bicyclic) bond motifs is 1. The zero-order chi connectivity index (χ0) is 19.5. The Labute approximate surface area is 182 Å². The maximum Gasteiger partial charge on any atom is 0.263 e. The number of thioether (sulfide) groups is 1. The van der Waals surface area contributed by atoms with Crippen molar-refractivity contribution in [1.82, 2.24) is 10.2 Å². The van der Waals surface area contributed by atoms with Crippen molar-refractivity contribution < 1.29 is 9.53 Å². The lowest BCUT2D eigenvalue weighted by Gasteiger charge is -2.28. The number of hydrogen-bond acceptors (Lipinski definition) is 5. The molecule has 0 unspecified atom stereocenters. The molecule has 0 aromatic heterocycles. The number of carbonyl (C=O) groups is 1. The largest absolute Gasteiger partial charge is 0.492 e. The molecule has 144 valence electrons. The Morgan fingerprint density at radius 3 is 2.86 bits per heavy atom. The van der Waals surface area contributed by atoms with E-state index in [1.165, 1.54) is 22.9 Å². The van der Waals surface area contributed by atoms with Crippen LogP contribution in [0, 0.1) is 0 Å². The average molecular weight is 475 g/mol. The van der Waals surface area contributed by atoms with Crippen LogP contribution in [0.5, 0.6) is 5.75 Å². The van der Waals surface area contributed by atoms with Gasteiger partial charge in [-0.25, -0.2) is 0 Å². The SMILES string of the molecule is O=C1NC(=S)S/C1=C\c1cc(Br)ccc1OCCN1CCc2ccccc2C1. The van der Waals surface area contributed by atoms with Crippen LogP contribution in [0.15, 0.2) is 51.8 Å². The van der Waals surface area contributed by atoms with Gasteiger partial charge in [0.2, 0.25) is 0 Å². The molecule has 1 amide bonds. The fraction of sp³-hybridized carbons (Fsp3) is 0.238. The van der Waals surface area contributed by atoms with E-state index in [-0.39, 0.29) is 5.91 Å². The summed E-state index contributed by atoms with van der Waals surface area (Å²) in [6.45, 7) is 3.47. The number of thiocarbonyl (C=S) groups is 1. The quantitative estimate of drug-likeness (QED) is 0.514. The standard InChI is InChI=1S/C21H19BrN2O2S2/c22-17-5-6-18(16(11-17)12-19-20(25)23-21(27)28-19)26-10-9-24-8-7-14-3-1-2-4-15(14)13-24/h1-6,11-12H,7-10,13H2,(H,23,25,27)/b19-12-. The predicted octanol–water partition coefficient (Wildman–Crippen LogP) is 4.38. The molecule has 1 saturated heterocycles. The molecule has 2 aliphatic heterocycles. The van der Waals surface area contributed by atoms with Crippen LogP contribution in [0.2, 0.25) is 0 Å². The topological polar surface area (TPSA) is 41.6 Å². The summed E-state index contributed by atoms with van der Waals surface area (Å²) in [5.41, 5.74) is 3.72. The van der Waals surface area contributed by atoms with Crippen LogP contribution < -0.4 is 10.1 Å². The first-order valence-electron chi connectivity index (χ1n) is 9.05. The lowest BCUT2D eigenvalue weighted by molar-refractivity contribution is -0.115. The number of nitrogens with one attached hydrogen (secondary N) is 1. The number of hydrogen-bond donors (Lipinski definition) is 1. The van der Waals surface area contributed by atoms with Gasteiger partial charge in [-0.1, -0.05) is 64.2 Å². The van der Waals surface area contributed by atoms with E-state index in [0.29, 0.717) is 15.8 Å². The Morgan fingerprint density at radius 1 is 1.25 bits per heavy atom. The smallest absolute Gasteiger partial charge is 0.263 e. The molecule has 28 heavy (non-hydrogen) atoms. The maximum atomic E-state index is 12.0. The minimum absolute atomic E-state index is 0.159. The molecule has 2 heterocycles. The molecule has 2 aliphatic rings. The molecular formula is C21H19BrN2O2S2. The van der Waals surface area contributed by atoms with E-state index in [4.69, 9.17) is 17.0 Å². The van der Waals surface area contributed by atoms with Crippen molar-refractivity contribution in [2.45, 2.75) is 13.0 Å². The summed E-state index contributed by atoms with van der Waals surface area (Å²) in [6, 6.07) is 14.5. The lowest BCUT2D eigenvalue weighted by Crippen LogP contribution is -2.33. The molecule has 2 aromatic carbocycles. The highest BCUT2D eigenvalue weighted by Crippen LogP contribution is 2.31. The van der Waals surface area contributed by atoms with Crippen molar-refractivity contribution >= 4 is 56.2 Å². The maximum absolute atomic E-state index is 12.0. The summed E-state index contributed by atoms with van der Waals surface area (Å²) >= 11 is 9.83. The Morgan fingerprint density at radius 2 is 2.07 bits per heavy atom. The molecule has 4 rings (SSSR count). The van der Waals surface area contributed by atoms with E-state index in [0.717, 1.165) is 41.8 Å². The summed E-state index contributed by atoms with van der Waals surface area (Å²) in [5.74, 6) is 0.604. The van der Waals surface area contributed by atoms with Gasteiger partial charge >= 0.3 is 0 Å². The van der Waals surface area contributed by atoms with Crippen LogP contribution in [0.4, 0.5) is 0 Å². The molecule has 1 N–H and O–H groups in total. The normalized spacial score (nSPS) is 18.2. The number of ether oxygens (including phenoxy) is 1. The van der Waals surface area contributed by atoms with Gasteiger partial charge in [-0.15, -0.1) is 0 Å². The van der Waals surface area contributed by atoms with Crippen molar-refractivity contribution in [3.8, 4) is 5.75 Å². The number of nitrogens with zero attached hydrogens (tertiary/aromatic N) is 1. The first-order chi connectivity index (χ1) is 13.6. The van der Waals surface area contributed by atoms with Gasteiger partial charge in [-0.2, -0.15) is 0 Å².